The van der Waals surface area contributed by atoms with Crippen LogP contribution in [0.15, 0.2) is 66.7 Å². The molecule has 0 bridgehead atoms. The smallest absolute Gasteiger partial charge is 0.227 e. The lowest BCUT2D eigenvalue weighted by Crippen LogP contribution is -2.51. The minimum Gasteiger partial charge on any atom is -0.497 e. The number of fused-ring (bicyclic) bond motifs is 1. The standard InChI is InChI=1S/C25H28N2O3/c1-30-21-12-10-18(11-13-21)16-26-24(28)22-9-5-8-20-14-15-27(25(29)23(20)22)17-19-6-3-2-4-7-19/h2-8,10-13,20,22-23H,9,14-17H2,1H3,(H,26,28)/t20-,22-,23+/m0/s1. The number of hydrogen-bond acceptors (Lipinski definition) is 3. The summed E-state index contributed by atoms with van der Waals surface area (Å²) in [5.74, 6) is 0.406. The fourth-order valence-electron chi connectivity index (χ4n) is 4.52. The van der Waals surface area contributed by atoms with Crippen molar-refractivity contribution < 1.29 is 14.3 Å². The van der Waals surface area contributed by atoms with Gasteiger partial charge in [0.2, 0.25) is 11.8 Å². The minimum atomic E-state index is -0.315. The molecule has 30 heavy (non-hydrogen) atoms. The van der Waals surface area contributed by atoms with Gasteiger partial charge in [0.15, 0.2) is 0 Å². The molecule has 5 nitrogen and oxygen atoms in total. The molecule has 156 valence electrons. The number of amides is 2. The van der Waals surface area contributed by atoms with Crippen LogP contribution in [0, 0.1) is 17.8 Å². The number of allylic oxidation sites excluding steroid dienone is 2. The molecule has 0 aromatic heterocycles. The third kappa shape index (κ3) is 4.40. The maximum Gasteiger partial charge on any atom is 0.227 e. The Morgan fingerprint density at radius 2 is 1.87 bits per heavy atom. The number of nitrogens with one attached hydrogen (secondary N) is 1. The second-order valence-corrected chi connectivity index (χ2v) is 8.06. The van der Waals surface area contributed by atoms with E-state index in [0.717, 1.165) is 29.8 Å². The van der Waals surface area contributed by atoms with Gasteiger partial charge in [0.1, 0.15) is 5.75 Å². The van der Waals surface area contributed by atoms with E-state index < -0.39 is 0 Å². The molecule has 1 N–H and O–H groups in total. The molecular weight excluding hydrogens is 376 g/mol. The van der Waals surface area contributed by atoms with Crippen LogP contribution in [-0.2, 0) is 22.7 Å². The SMILES string of the molecule is COc1ccc(CNC(=O)[C@H]2CC=C[C@H]3CCN(Cc4ccccc4)C(=O)[C@@H]23)cc1. The van der Waals surface area contributed by atoms with E-state index in [-0.39, 0.29) is 29.6 Å². The van der Waals surface area contributed by atoms with Crippen LogP contribution in [0.5, 0.6) is 5.75 Å². The van der Waals surface area contributed by atoms with Crippen molar-refractivity contribution in [2.75, 3.05) is 13.7 Å². The maximum absolute atomic E-state index is 13.3. The van der Waals surface area contributed by atoms with E-state index in [1.807, 2.05) is 59.5 Å². The molecule has 1 aliphatic carbocycles. The molecule has 0 saturated carbocycles. The van der Waals surface area contributed by atoms with Crippen molar-refractivity contribution >= 4 is 11.8 Å². The first kappa shape index (κ1) is 20.2. The van der Waals surface area contributed by atoms with Crippen LogP contribution in [0.2, 0.25) is 0 Å². The summed E-state index contributed by atoms with van der Waals surface area (Å²) in [5.41, 5.74) is 2.13. The minimum absolute atomic E-state index is 0.0416. The first-order valence-electron chi connectivity index (χ1n) is 10.6. The predicted octanol–water partition coefficient (Wildman–Crippen LogP) is 3.55. The van der Waals surface area contributed by atoms with E-state index in [1.54, 1.807) is 7.11 Å². The van der Waals surface area contributed by atoms with Crippen molar-refractivity contribution in [3.05, 3.63) is 77.9 Å². The highest BCUT2D eigenvalue weighted by atomic mass is 16.5. The molecule has 5 heteroatoms. The van der Waals surface area contributed by atoms with Crippen molar-refractivity contribution in [3.8, 4) is 5.75 Å². The number of rotatable bonds is 6. The summed E-state index contributed by atoms with van der Waals surface area (Å²) in [6.45, 7) is 1.79. The van der Waals surface area contributed by atoms with Gasteiger partial charge in [-0.2, -0.15) is 0 Å². The van der Waals surface area contributed by atoms with Crippen LogP contribution in [0.25, 0.3) is 0 Å². The summed E-state index contributed by atoms with van der Waals surface area (Å²) < 4.78 is 5.18. The maximum atomic E-state index is 13.3. The van der Waals surface area contributed by atoms with Gasteiger partial charge in [-0.3, -0.25) is 9.59 Å². The number of likely N-dealkylation sites (tertiary alicyclic amines) is 1. The van der Waals surface area contributed by atoms with Crippen LogP contribution in [0.1, 0.15) is 24.0 Å². The Bertz CT molecular complexity index is 908. The van der Waals surface area contributed by atoms with E-state index in [4.69, 9.17) is 4.74 Å². The summed E-state index contributed by atoms with van der Waals surface area (Å²) in [5, 5.41) is 3.04. The Morgan fingerprint density at radius 3 is 2.60 bits per heavy atom. The Balaban J connectivity index is 1.42. The zero-order valence-corrected chi connectivity index (χ0v) is 17.3. The normalized spacial score (nSPS) is 23.0. The van der Waals surface area contributed by atoms with Crippen molar-refractivity contribution in [2.45, 2.75) is 25.9 Å². The van der Waals surface area contributed by atoms with Gasteiger partial charge in [0.25, 0.3) is 0 Å². The zero-order valence-electron chi connectivity index (χ0n) is 17.3. The van der Waals surface area contributed by atoms with E-state index in [9.17, 15) is 9.59 Å². The second-order valence-electron chi connectivity index (χ2n) is 8.06. The van der Waals surface area contributed by atoms with Crippen LogP contribution in [-0.4, -0.2) is 30.4 Å². The molecule has 2 amide bonds. The van der Waals surface area contributed by atoms with Crippen molar-refractivity contribution in [1.82, 2.24) is 10.2 Å². The predicted molar refractivity (Wildman–Crippen MR) is 116 cm³/mol. The van der Waals surface area contributed by atoms with Crippen LogP contribution < -0.4 is 10.1 Å². The highest BCUT2D eigenvalue weighted by molar-refractivity contribution is 5.89. The average molecular weight is 405 g/mol. The lowest BCUT2D eigenvalue weighted by Gasteiger charge is -2.41. The molecule has 1 aliphatic heterocycles. The van der Waals surface area contributed by atoms with Gasteiger partial charge in [-0.05, 0) is 42.0 Å². The number of piperidine rings is 1. The van der Waals surface area contributed by atoms with Crippen LogP contribution in [0.4, 0.5) is 0 Å². The quantitative estimate of drug-likeness (QED) is 0.749. The fraction of sp³-hybridized carbons (Fsp3) is 0.360. The van der Waals surface area contributed by atoms with Gasteiger partial charge in [-0.25, -0.2) is 0 Å². The second kappa shape index (κ2) is 9.16. The number of carbonyl (C=O) groups excluding carboxylic acids is 2. The monoisotopic (exact) mass is 404 g/mol. The number of carbonyl (C=O) groups is 2. The number of methoxy groups -OCH3 is 1. The van der Waals surface area contributed by atoms with Crippen molar-refractivity contribution in [2.24, 2.45) is 17.8 Å². The first-order chi connectivity index (χ1) is 14.7. The summed E-state index contributed by atoms with van der Waals surface area (Å²) in [6.07, 6.45) is 5.72. The first-order valence-corrected chi connectivity index (χ1v) is 10.6. The number of hydrogen-bond donors (Lipinski definition) is 1. The Labute approximate surface area is 177 Å². The molecule has 3 atom stereocenters. The number of nitrogens with zero attached hydrogens (tertiary/aromatic N) is 1. The molecule has 1 heterocycles. The molecule has 1 fully saturated rings. The summed E-state index contributed by atoms with van der Waals surface area (Å²) in [4.78, 5) is 28.3. The highest BCUT2D eigenvalue weighted by Gasteiger charge is 2.44. The summed E-state index contributed by atoms with van der Waals surface area (Å²) >= 11 is 0. The highest BCUT2D eigenvalue weighted by Crippen LogP contribution is 2.38. The zero-order chi connectivity index (χ0) is 20.9. The fourth-order valence-corrected chi connectivity index (χ4v) is 4.52. The average Bonchev–Trinajstić information content (AvgIpc) is 2.80. The topological polar surface area (TPSA) is 58.6 Å². The van der Waals surface area contributed by atoms with Gasteiger partial charge in [-0.1, -0.05) is 54.6 Å². The molecule has 0 spiro atoms. The molecule has 2 aliphatic rings. The Kier molecular flexibility index (Phi) is 6.17. The third-order valence-corrected chi connectivity index (χ3v) is 6.18. The molecule has 4 rings (SSSR count). The van der Waals surface area contributed by atoms with Gasteiger partial charge in [0.05, 0.1) is 18.9 Å². The Hall–Kier alpha value is -3.08. The molecule has 0 unspecified atom stereocenters. The van der Waals surface area contributed by atoms with E-state index in [0.29, 0.717) is 19.5 Å². The molecule has 1 saturated heterocycles. The summed E-state index contributed by atoms with van der Waals surface area (Å²) in [7, 11) is 1.63. The molecule has 2 aromatic rings. The third-order valence-electron chi connectivity index (χ3n) is 6.18. The largest absolute Gasteiger partial charge is 0.497 e. The van der Waals surface area contributed by atoms with E-state index in [1.165, 1.54) is 0 Å². The molecular formula is C25H28N2O3. The van der Waals surface area contributed by atoms with Crippen LogP contribution >= 0.6 is 0 Å². The van der Waals surface area contributed by atoms with Gasteiger partial charge < -0.3 is 15.0 Å². The van der Waals surface area contributed by atoms with E-state index in [2.05, 4.69) is 17.5 Å². The van der Waals surface area contributed by atoms with Gasteiger partial charge >= 0.3 is 0 Å². The van der Waals surface area contributed by atoms with Gasteiger partial charge in [0, 0.05) is 19.6 Å². The Morgan fingerprint density at radius 1 is 1.10 bits per heavy atom. The van der Waals surface area contributed by atoms with Crippen molar-refractivity contribution in [1.29, 1.82) is 0 Å². The van der Waals surface area contributed by atoms with Crippen molar-refractivity contribution in [3.63, 3.8) is 0 Å². The number of benzene rings is 2. The van der Waals surface area contributed by atoms with Gasteiger partial charge in [-0.15, -0.1) is 0 Å². The molecule has 0 radical (unpaired) electrons. The lowest BCUT2D eigenvalue weighted by molar-refractivity contribution is -0.148. The van der Waals surface area contributed by atoms with E-state index >= 15 is 0 Å². The van der Waals surface area contributed by atoms with Crippen LogP contribution in [0.3, 0.4) is 0 Å². The summed E-state index contributed by atoms with van der Waals surface area (Å²) in [6, 6.07) is 17.7. The number of ether oxygens (including phenoxy) is 1. The lowest BCUT2D eigenvalue weighted by atomic mass is 9.71. The molecule has 2 aromatic carbocycles.